The Kier molecular flexibility index (Phi) is 5.57. The van der Waals surface area contributed by atoms with E-state index in [1.54, 1.807) is 6.92 Å². The van der Waals surface area contributed by atoms with Crippen LogP contribution in [0.4, 0.5) is 0 Å². The highest BCUT2D eigenvalue weighted by Gasteiger charge is 2.56. The molecule has 2 rings (SSSR count). The van der Waals surface area contributed by atoms with Gasteiger partial charge in [0.1, 0.15) is 6.10 Å². The molecule has 24 heavy (non-hydrogen) atoms. The Morgan fingerprint density at radius 3 is 2.50 bits per heavy atom. The molecular weight excluding hydrogens is 304 g/mol. The van der Waals surface area contributed by atoms with E-state index in [0.717, 1.165) is 31.3 Å². The fourth-order valence-corrected chi connectivity index (χ4v) is 5.81. The van der Waals surface area contributed by atoms with Crippen molar-refractivity contribution in [2.24, 2.45) is 22.7 Å². The normalized spacial score (nSPS) is 39.8. The summed E-state index contributed by atoms with van der Waals surface area (Å²) in [6, 6.07) is 0. The van der Waals surface area contributed by atoms with Gasteiger partial charge in [0.05, 0.1) is 18.3 Å². The summed E-state index contributed by atoms with van der Waals surface area (Å²) < 4.78 is 0. The Balaban J connectivity index is 2.23. The first kappa shape index (κ1) is 19.9. The molecule has 0 radical (unpaired) electrons. The standard InChI is InChI=1S/C20H36O4/c1-13-11-15(22)17-18(2,3)8-6-9-19(17,4)14(13)7-10-20(5,24)16(23)12-21/h14-17,21-24H,1,6-12H2,2-5H3/t14-,15-,16-,17+,19+,20-/m0/s1. The smallest absolute Gasteiger partial charge is 0.105 e. The minimum atomic E-state index is -1.30. The van der Waals surface area contributed by atoms with Crippen LogP contribution < -0.4 is 0 Å². The van der Waals surface area contributed by atoms with Crippen molar-refractivity contribution in [3.05, 3.63) is 12.2 Å². The molecule has 0 aliphatic heterocycles. The van der Waals surface area contributed by atoms with Gasteiger partial charge in [-0.15, -0.1) is 0 Å². The zero-order chi connectivity index (χ0) is 18.3. The van der Waals surface area contributed by atoms with E-state index in [1.807, 2.05) is 0 Å². The molecule has 4 N–H and O–H groups in total. The van der Waals surface area contributed by atoms with Gasteiger partial charge in [-0.25, -0.2) is 0 Å². The lowest BCUT2D eigenvalue weighted by molar-refractivity contribution is -0.130. The van der Waals surface area contributed by atoms with Crippen molar-refractivity contribution >= 4 is 0 Å². The fraction of sp³-hybridized carbons (Fsp3) is 0.900. The maximum Gasteiger partial charge on any atom is 0.105 e. The van der Waals surface area contributed by atoms with Crippen LogP contribution in [0.5, 0.6) is 0 Å². The molecule has 2 saturated carbocycles. The summed E-state index contributed by atoms with van der Waals surface area (Å²) in [5.41, 5.74) is -0.177. The van der Waals surface area contributed by atoms with E-state index in [4.69, 9.17) is 5.11 Å². The predicted octanol–water partition coefficient (Wildman–Crippen LogP) is 2.64. The van der Waals surface area contributed by atoms with Crippen molar-refractivity contribution in [3.63, 3.8) is 0 Å². The first-order valence-corrected chi connectivity index (χ1v) is 9.33. The Labute approximate surface area is 146 Å². The maximum absolute atomic E-state index is 10.8. The van der Waals surface area contributed by atoms with Crippen LogP contribution in [0.2, 0.25) is 0 Å². The Hall–Kier alpha value is -0.420. The van der Waals surface area contributed by atoms with E-state index in [2.05, 4.69) is 27.4 Å². The molecule has 2 aliphatic rings. The number of hydrogen-bond donors (Lipinski definition) is 4. The average molecular weight is 341 g/mol. The number of fused-ring (bicyclic) bond motifs is 1. The van der Waals surface area contributed by atoms with E-state index in [1.165, 1.54) is 0 Å². The third-order valence-corrected chi connectivity index (χ3v) is 7.06. The molecule has 0 aromatic rings. The molecule has 0 aromatic heterocycles. The lowest BCUT2D eigenvalue weighted by Gasteiger charge is -2.60. The molecule has 0 unspecified atom stereocenters. The van der Waals surface area contributed by atoms with Crippen LogP contribution >= 0.6 is 0 Å². The van der Waals surface area contributed by atoms with Crippen molar-refractivity contribution in [2.75, 3.05) is 6.61 Å². The van der Waals surface area contributed by atoms with Crippen LogP contribution in [0.15, 0.2) is 12.2 Å². The van der Waals surface area contributed by atoms with Crippen LogP contribution in [0.1, 0.15) is 66.2 Å². The molecule has 0 amide bonds. The quantitative estimate of drug-likeness (QED) is 0.580. The first-order chi connectivity index (χ1) is 11.0. The fourth-order valence-electron chi connectivity index (χ4n) is 5.81. The van der Waals surface area contributed by atoms with Gasteiger partial charge in [-0.2, -0.15) is 0 Å². The third kappa shape index (κ3) is 3.44. The van der Waals surface area contributed by atoms with E-state index in [0.29, 0.717) is 12.8 Å². The molecule has 2 aliphatic carbocycles. The highest BCUT2D eigenvalue weighted by molar-refractivity contribution is 5.18. The van der Waals surface area contributed by atoms with Gasteiger partial charge in [-0.3, -0.25) is 0 Å². The Morgan fingerprint density at radius 1 is 1.29 bits per heavy atom. The molecule has 140 valence electrons. The van der Waals surface area contributed by atoms with Crippen molar-refractivity contribution in [1.29, 1.82) is 0 Å². The van der Waals surface area contributed by atoms with Gasteiger partial charge in [-0.05, 0) is 61.7 Å². The molecular formula is C20H36O4. The van der Waals surface area contributed by atoms with Crippen molar-refractivity contribution in [3.8, 4) is 0 Å². The van der Waals surface area contributed by atoms with E-state index in [-0.39, 0.29) is 28.8 Å². The van der Waals surface area contributed by atoms with Crippen LogP contribution in [0.25, 0.3) is 0 Å². The van der Waals surface area contributed by atoms with Crippen LogP contribution in [0, 0.1) is 22.7 Å². The van der Waals surface area contributed by atoms with Gasteiger partial charge in [0.15, 0.2) is 0 Å². The lowest BCUT2D eigenvalue weighted by Crippen LogP contribution is -2.55. The molecule has 4 nitrogen and oxygen atoms in total. The summed E-state index contributed by atoms with van der Waals surface area (Å²) >= 11 is 0. The molecule has 0 bridgehead atoms. The lowest BCUT2D eigenvalue weighted by atomic mass is 9.46. The number of hydrogen-bond acceptors (Lipinski definition) is 4. The van der Waals surface area contributed by atoms with Crippen molar-refractivity contribution in [1.82, 2.24) is 0 Å². The molecule has 0 saturated heterocycles. The number of aliphatic hydroxyl groups excluding tert-OH is 3. The zero-order valence-corrected chi connectivity index (χ0v) is 15.8. The maximum atomic E-state index is 10.8. The number of rotatable bonds is 5. The second-order valence-corrected chi connectivity index (χ2v) is 9.40. The monoisotopic (exact) mass is 340 g/mol. The SMILES string of the molecule is C=C1C[C@H](O)[C@@H]2C(C)(C)CCC[C@]2(C)[C@H]1CC[C@](C)(O)[C@@H](O)CO. The van der Waals surface area contributed by atoms with Gasteiger partial charge >= 0.3 is 0 Å². The molecule has 0 heterocycles. The Bertz CT molecular complexity index is 470. The first-order valence-electron chi connectivity index (χ1n) is 9.33. The molecule has 0 aromatic carbocycles. The summed E-state index contributed by atoms with van der Waals surface area (Å²) in [6.07, 6.45) is 3.61. The topological polar surface area (TPSA) is 80.9 Å². The van der Waals surface area contributed by atoms with Gasteiger partial charge < -0.3 is 20.4 Å². The van der Waals surface area contributed by atoms with Crippen LogP contribution in [-0.4, -0.2) is 44.8 Å². The molecule has 6 atom stereocenters. The van der Waals surface area contributed by atoms with Crippen molar-refractivity contribution in [2.45, 2.75) is 84.0 Å². The Morgan fingerprint density at radius 2 is 1.92 bits per heavy atom. The van der Waals surface area contributed by atoms with Gasteiger partial charge in [0, 0.05) is 0 Å². The second-order valence-electron chi connectivity index (χ2n) is 9.40. The minimum absolute atomic E-state index is 0.0310. The van der Waals surface area contributed by atoms with E-state index >= 15 is 0 Å². The largest absolute Gasteiger partial charge is 0.394 e. The van der Waals surface area contributed by atoms with E-state index in [9.17, 15) is 15.3 Å². The summed E-state index contributed by atoms with van der Waals surface area (Å²) in [6.45, 7) is 12.2. The average Bonchev–Trinajstić information content (AvgIpc) is 2.43. The molecule has 2 fully saturated rings. The van der Waals surface area contributed by atoms with Gasteiger partial charge in [-0.1, -0.05) is 39.3 Å². The molecule has 0 spiro atoms. The highest BCUT2D eigenvalue weighted by atomic mass is 16.4. The third-order valence-electron chi connectivity index (χ3n) is 7.06. The second kappa shape index (κ2) is 6.71. The number of aliphatic hydroxyl groups is 4. The highest BCUT2D eigenvalue weighted by Crippen LogP contribution is 2.61. The zero-order valence-electron chi connectivity index (χ0n) is 15.8. The summed E-state index contributed by atoms with van der Waals surface area (Å²) in [7, 11) is 0. The van der Waals surface area contributed by atoms with Crippen LogP contribution in [-0.2, 0) is 0 Å². The van der Waals surface area contributed by atoms with E-state index < -0.39 is 18.3 Å². The van der Waals surface area contributed by atoms with Gasteiger partial charge in [0.2, 0.25) is 0 Å². The summed E-state index contributed by atoms with van der Waals surface area (Å²) in [5.74, 6) is 0.449. The molecule has 4 heteroatoms. The van der Waals surface area contributed by atoms with Crippen molar-refractivity contribution < 1.29 is 20.4 Å². The summed E-state index contributed by atoms with van der Waals surface area (Å²) in [5, 5.41) is 40.2. The minimum Gasteiger partial charge on any atom is -0.394 e. The summed E-state index contributed by atoms with van der Waals surface area (Å²) in [4.78, 5) is 0. The predicted molar refractivity (Wildman–Crippen MR) is 95.4 cm³/mol. The van der Waals surface area contributed by atoms with Crippen LogP contribution in [0.3, 0.4) is 0 Å². The van der Waals surface area contributed by atoms with Gasteiger partial charge in [0.25, 0.3) is 0 Å².